The monoisotopic (exact) mass is 382 g/mol. The number of allylic oxidation sites excluding steroid dienone is 1. The Kier molecular flexibility index (Phi) is 12.3. The van der Waals surface area contributed by atoms with Crippen LogP contribution in [-0.2, 0) is 9.53 Å². The highest BCUT2D eigenvalue weighted by molar-refractivity contribution is 5.67. The topological polar surface area (TPSA) is 87.0 Å². The second kappa shape index (κ2) is 13.9. The van der Waals surface area contributed by atoms with Gasteiger partial charge in [-0.25, -0.2) is 0 Å². The predicted molar refractivity (Wildman–Crippen MR) is 107 cm³/mol. The van der Waals surface area contributed by atoms with E-state index in [1.807, 2.05) is 6.08 Å². The minimum atomic E-state index is -0.696. The van der Waals surface area contributed by atoms with Crippen LogP contribution in [0.15, 0.2) is 24.0 Å². The van der Waals surface area contributed by atoms with E-state index >= 15 is 0 Å². The van der Waals surface area contributed by atoms with E-state index in [0.29, 0.717) is 5.76 Å². The maximum atomic E-state index is 11.4. The Bertz CT molecular complexity index is 471. The number of unbranched alkanes of at least 4 members (excludes halogenated alkanes) is 6. The van der Waals surface area contributed by atoms with Crippen molar-refractivity contribution in [2.75, 3.05) is 6.61 Å². The molecular formula is C22H38O5. The molecule has 4 atom stereocenters. The zero-order valence-electron chi connectivity index (χ0n) is 17.0. The maximum Gasteiger partial charge on any atom is 0.307 e. The fraction of sp³-hybridized carbons (Fsp3) is 0.773. The highest BCUT2D eigenvalue weighted by Gasteiger charge is 2.36. The van der Waals surface area contributed by atoms with Gasteiger partial charge < -0.3 is 20.1 Å². The first-order valence-electron chi connectivity index (χ1n) is 10.5. The summed E-state index contributed by atoms with van der Waals surface area (Å²) in [4.78, 5) is 11.4. The number of carbonyl (C=O) groups is 1. The van der Waals surface area contributed by atoms with Crippen LogP contribution in [-0.4, -0.2) is 40.1 Å². The number of hydrogen-bond donors (Lipinski definition) is 3. The molecule has 156 valence electrons. The van der Waals surface area contributed by atoms with E-state index in [-0.39, 0.29) is 24.4 Å². The minimum absolute atomic E-state index is 0.0409. The molecule has 1 aliphatic carbocycles. The number of hydrogen-bond acceptors (Lipinski definition) is 5. The summed E-state index contributed by atoms with van der Waals surface area (Å²) in [5.74, 6) is -0.0236. The molecule has 0 saturated heterocycles. The van der Waals surface area contributed by atoms with Crippen LogP contribution in [0.5, 0.6) is 0 Å². The van der Waals surface area contributed by atoms with Crippen molar-refractivity contribution < 1.29 is 24.9 Å². The standard InChI is InChI=1S/C22H38O5/c1-3-4-8-11-18(25)13-14-19-20(12-9-6-5-7-10-15-23)22(16-21(19)26)27-17(2)24/h13-14,16,18-21,23,25-26H,3-12,15H2,1-2H3/b14-13+/t18-,19+,20+,21+/m0/s1. The molecule has 0 aromatic heterocycles. The van der Waals surface area contributed by atoms with E-state index in [1.54, 1.807) is 12.2 Å². The van der Waals surface area contributed by atoms with E-state index in [9.17, 15) is 15.0 Å². The van der Waals surface area contributed by atoms with E-state index in [1.165, 1.54) is 6.92 Å². The summed E-state index contributed by atoms with van der Waals surface area (Å²) in [6.45, 7) is 3.75. The van der Waals surface area contributed by atoms with Crippen LogP contribution in [0.2, 0.25) is 0 Å². The first kappa shape index (κ1) is 23.9. The normalized spacial score (nSPS) is 23.6. The molecule has 0 saturated carbocycles. The van der Waals surface area contributed by atoms with Crippen molar-refractivity contribution in [3.05, 3.63) is 24.0 Å². The van der Waals surface area contributed by atoms with Crippen LogP contribution in [0.25, 0.3) is 0 Å². The summed E-state index contributed by atoms with van der Waals surface area (Å²) in [5, 5.41) is 29.4. The Morgan fingerprint density at radius 2 is 1.89 bits per heavy atom. The van der Waals surface area contributed by atoms with Crippen LogP contribution in [0.4, 0.5) is 0 Å². The van der Waals surface area contributed by atoms with Crippen molar-refractivity contribution in [2.45, 2.75) is 90.3 Å². The average Bonchev–Trinajstić information content (AvgIpc) is 2.90. The second-order valence-electron chi connectivity index (χ2n) is 7.57. The van der Waals surface area contributed by atoms with Crippen LogP contribution < -0.4 is 0 Å². The summed E-state index contributed by atoms with van der Waals surface area (Å²) in [7, 11) is 0. The quantitative estimate of drug-likeness (QED) is 0.241. The summed E-state index contributed by atoms with van der Waals surface area (Å²) in [6.07, 6.45) is 13.8. The van der Waals surface area contributed by atoms with Gasteiger partial charge in [-0.15, -0.1) is 0 Å². The number of carbonyl (C=O) groups excluding carboxylic acids is 1. The number of aliphatic hydroxyl groups excluding tert-OH is 3. The molecule has 0 aliphatic heterocycles. The van der Waals surface area contributed by atoms with Crippen molar-refractivity contribution in [1.29, 1.82) is 0 Å². The number of ether oxygens (including phenoxy) is 1. The highest BCUT2D eigenvalue weighted by atomic mass is 16.5. The lowest BCUT2D eigenvalue weighted by molar-refractivity contribution is -0.137. The Morgan fingerprint density at radius 3 is 2.56 bits per heavy atom. The van der Waals surface area contributed by atoms with Gasteiger partial charge in [-0.3, -0.25) is 4.79 Å². The Morgan fingerprint density at radius 1 is 1.19 bits per heavy atom. The summed E-state index contributed by atoms with van der Waals surface area (Å²) in [6, 6.07) is 0. The third kappa shape index (κ3) is 9.54. The van der Waals surface area contributed by atoms with Gasteiger partial charge in [0.25, 0.3) is 0 Å². The molecule has 27 heavy (non-hydrogen) atoms. The van der Waals surface area contributed by atoms with Gasteiger partial charge in [0.1, 0.15) is 5.76 Å². The van der Waals surface area contributed by atoms with Gasteiger partial charge in [0.2, 0.25) is 0 Å². The minimum Gasteiger partial charge on any atom is -0.431 e. The molecule has 0 radical (unpaired) electrons. The lowest BCUT2D eigenvalue weighted by Gasteiger charge is -2.22. The van der Waals surface area contributed by atoms with Crippen molar-refractivity contribution in [3.63, 3.8) is 0 Å². The lowest BCUT2D eigenvalue weighted by Crippen LogP contribution is -2.21. The molecule has 0 aromatic carbocycles. The number of rotatable bonds is 14. The molecule has 5 heteroatoms. The molecule has 0 amide bonds. The van der Waals surface area contributed by atoms with E-state index in [2.05, 4.69) is 6.92 Å². The van der Waals surface area contributed by atoms with Crippen molar-refractivity contribution in [3.8, 4) is 0 Å². The van der Waals surface area contributed by atoms with Gasteiger partial charge in [0.05, 0.1) is 12.2 Å². The molecule has 3 N–H and O–H groups in total. The molecule has 1 rings (SSSR count). The average molecular weight is 383 g/mol. The van der Waals surface area contributed by atoms with Gasteiger partial charge in [0.15, 0.2) is 0 Å². The molecule has 0 fully saturated rings. The Labute approximate surface area is 164 Å². The first-order valence-corrected chi connectivity index (χ1v) is 10.5. The Hall–Kier alpha value is -1.17. The number of aliphatic hydroxyl groups is 3. The molecular weight excluding hydrogens is 344 g/mol. The maximum absolute atomic E-state index is 11.4. The van der Waals surface area contributed by atoms with Crippen LogP contribution >= 0.6 is 0 Å². The fourth-order valence-electron chi connectivity index (χ4n) is 3.65. The van der Waals surface area contributed by atoms with Gasteiger partial charge in [-0.2, -0.15) is 0 Å². The van der Waals surface area contributed by atoms with Gasteiger partial charge in [-0.05, 0) is 25.3 Å². The first-order chi connectivity index (χ1) is 13.0. The highest BCUT2D eigenvalue weighted by Crippen LogP contribution is 2.38. The number of esters is 1. The predicted octanol–water partition coefficient (Wildman–Crippen LogP) is 3.87. The summed E-state index contributed by atoms with van der Waals surface area (Å²) in [5.41, 5.74) is 0. The smallest absolute Gasteiger partial charge is 0.307 e. The van der Waals surface area contributed by atoms with Crippen molar-refractivity contribution in [2.24, 2.45) is 11.8 Å². The fourth-order valence-corrected chi connectivity index (χ4v) is 3.65. The molecule has 0 aromatic rings. The molecule has 0 bridgehead atoms. The Balaban J connectivity index is 2.61. The third-order valence-corrected chi connectivity index (χ3v) is 5.15. The van der Waals surface area contributed by atoms with Crippen LogP contribution in [0.1, 0.15) is 78.1 Å². The lowest BCUT2D eigenvalue weighted by atomic mass is 9.87. The summed E-state index contributed by atoms with van der Waals surface area (Å²) < 4.78 is 5.34. The zero-order chi connectivity index (χ0) is 20.1. The largest absolute Gasteiger partial charge is 0.431 e. The van der Waals surface area contributed by atoms with Gasteiger partial charge >= 0.3 is 5.97 Å². The van der Waals surface area contributed by atoms with E-state index in [4.69, 9.17) is 9.84 Å². The van der Waals surface area contributed by atoms with Gasteiger partial charge in [0, 0.05) is 25.4 Å². The second-order valence-corrected chi connectivity index (χ2v) is 7.57. The van der Waals surface area contributed by atoms with E-state index < -0.39 is 12.2 Å². The van der Waals surface area contributed by atoms with Crippen molar-refractivity contribution >= 4 is 5.97 Å². The van der Waals surface area contributed by atoms with E-state index in [0.717, 1.165) is 64.2 Å². The molecule has 0 unspecified atom stereocenters. The molecule has 0 heterocycles. The van der Waals surface area contributed by atoms with Crippen LogP contribution in [0, 0.1) is 11.8 Å². The molecule has 1 aliphatic rings. The van der Waals surface area contributed by atoms with Crippen molar-refractivity contribution in [1.82, 2.24) is 0 Å². The van der Waals surface area contributed by atoms with Crippen LogP contribution in [0.3, 0.4) is 0 Å². The molecule has 0 spiro atoms. The SMILES string of the molecule is CCCCC[C@H](O)/C=C/[C@H]1[C@H](O)C=C(OC(C)=O)[C@@H]1CCCCCCCO. The summed E-state index contributed by atoms with van der Waals surface area (Å²) >= 11 is 0. The van der Waals surface area contributed by atoms with Gasteiger partial charge in [-0.1, -0.05) is 64.0 Å². The third-order valence-electron chi connectivity index (χ3n) is 5.15. The zero-order valence-corrected chi connectivity index (χ0v) is 17.0. The molecule has 5 nitrogen and oxygen atoms in total.